The summed E-state index contributed by atoms with van der Waals surface area (Å²) in [6.45, 7) is 8.13. The fraction of sp³-hybridized carbons (Fsp3) is 0.423. The SMILES string of the molecule is CCCCC1=C(C(F)(F)F)N(C(C)(C)C)CN1Cc1ccc(-c2ccccc2-c2nnn[nH]2)cc1. The predicted molar refractivity (Wildman–Crippen MR) is 130 cm³/mol. The second-order valence-electron chi connectivity index (χ2n) is 9.83. The first-order valence-corrected chi connectivity index (χ1v) is 11.8. The number of tetrazole rings is 1. The largest absolute Gasteiger partial charge is 0.432 e. The molecular formula is C26H31F3N6. The lowest BCUT2D eigenvalue weighted by Gasteiger charge is -2.36. The standard InChI is InChI=1S/C26H31F3N6/c1-5-6-11-22-23(26(27,28)29)35(25(2,3)4)17-34(22)16-18-12-14-19(15-13-18)20-9-7-8-10-21(20)24-30-32-33-31-24/h7-10,12-15H,5-6,11,16-17H2,1-4H3,(H,30,31,32,33). The summed E-state index contributed by atoms with van der Waals surface area (Å²) in [5.74, 6) is 0.578. The topological polar surface area (TPSA) is 60.9 Å². The van der Waals surface area contributed by atoms with Crippen LogP contribution in [0, 0.1) is 0 Å². The van der Waals surface area contributed by atoms with E-state index in [1.807, 2.05) is 81.1 Å². The van der Waals surface area contributed by atoms with Crippen molar-refractivity contribution in [1.82, 2.24) is 30.4 Å². The third kappa shape index (κ3) is 5.33. The Balaban J connectivity index is 1.62. The molecule has 0 saturated carbocycles. The van der Waals surface area contributed by atoms with Gasteiger partial charge in [0.1, 0.15) is 5.70 Å². The normalized spacial score (nSPS) is 14.8. The molecule has 1 N–H and O–H groups in total. The first-order valence-electron chi connectivity index (χ1n) is 11.8. The minimum atomic E-state index is -4.39. The van der Waals surface area contributed by atoms with E-state index >= 15 is 0 Å². The van der Waals surface area contributed by atoms with Crippen LogP contribution >= 0.6 is 0 Å². The quantitative estimate of drug-likeness (QED) is 0.422. The van der Waals surface area contributed by atoms with Gasteiger partial charge in [-0.1, -0.05) is 61.9 Å². The van der Waals surface area contributed by atoms with E-state index in [1.165, 1.54) is 4.90 Å². The van der Waals surface area contributed by atoms with E-state index in [9.17, 15) is 13.2 Å². The molecule has 0 spiro atoms. The Hall–Kier alpha value is -3.36. The van der Waals surface area contributed by atoms with Crippen LogP contribution in [0.15, 0.2) is 59.9 Å². The summed E-state index contributed by atoms with van der Waals surface area (Å²) in [6.07, 6.45) is -2.43. The fourth-order valence-electron chi connectivity index (χ4n) is 4.49. The van der Waals surface area contributed by atoms with Crippen molar-refractivity contribution in [3.05, 3.63) is 65.5 Å². The summed E-state index contributed by atoms with van der Waals surface area (Å²) >= 11 is 0. The number of unbranched alkanes of at least 4 members (excludes halogenated alkanes) is 1. The van der Waals surface area contributed by atoms with Crippen molar-refractivity contribution >= 4 is 0 Å². The molecule has 0 saturated heterocycles. The minimum absolute atomic E-state index is 0.223. The molecule has 186 valence electrons. The molecule has 1 aromatic heterocycles. The van der Waals surface area contributed by atoms with Gasteiger partial charge in [-0.05, 0) is 60.7 Å². The summed E-state index contributed by atoms with van der Waals surface area (Å²) in [5.41, 5.74) is 3.05. The lowest BCUT2D eigenvalue weighted by Crippen LogP contribution is -2.44. The number of benzene rings is 2. The Kier molecular flexibility index (Phi) is 6.87. The van der Waals surface area contributed by atoms with Crippen LogP contribution in [0.2, 0.25) is 0 Å². The smallest absolute Gasteiger partial charge is 0.351 e. The van der Waals surface area contributed by atoms with Gasteiger partial charge in [-0.25, -0.2) is 5.10 Å². The lowest BCUT2D eigenvalue weighted by atomic mass is 9.98. The minimum Gasteiger partial charge on any atom is -0.351 e. The number of rotatable bonds is 7. The molecule has 2 aromatic carbocycles. The molecule has 6 nitrogen and oxygen atoms in total. The number of hydrogen-bond acceptors (Lipinski definition) is 5. The molecule has 0 fully saturated rings. The second-order valence-corrected chi connectivity index (χ2v) is 9.83. The van der Waals surface area contributed by atoms with Gasteiger partial charge in [-0.15, -0.1) is 5.10 Å². The van der Waals surface area contributed by atoms with E-state index in [0.29, 0.717) is 24.5 Å². The van der Waals surface area contributed by atoms with Crippen molar-refractivity contribution in [2.24, 2.45) is 0 Å². The van der Waals surface area contributed by atoms with E-state index in [0.717, 1.165) is 35.1 Å². The zero-order valence-electron chi connectivity index (χ0n) is 20.5. The van der Waals surface area contributed by atoms with Gasteiger partial charge in [0.2, 0.25) is 0 Å². The molecule has 0 bridgehead atoms. The van der Waals surface area contributed by atoms with E-state index in [4.69, 9.17) is 0 Å². The summed E-state index contributed by atoms with van der Waals surface area (Å²) in [7, 11) is 0. The predicted octanol–water partition coefficient (Wildman–Crippen LogP) is 6.37. The van der Waals surface area contributed by atoms with Crippen molar-refractivity contribution in [3.63, 3.8) is 0 Å². The molecule has 9 heteroatoms. The maximum Gasteiger partial charge on any atom is 0.432 e. The van der Waals surface area contributed by atoms with Crippen LogP contribution in [-0.4, -0.2) is 48.8 Å². The van der Waals surface area contributed by atoms with Crippen LogP contribution in [0.25, 0.3) is 22.5 Å². The molecule has 0 atom stereocenters. The van der Waals surface area contributed by atoms with Gasteiger partial charge in [-0.3, -0.25) is 0 Å². The Morgan fingerprint density at radius 1 is 0.971 bits per heavy atom. The first kappa shape index (κ1) is 24.8. The van der Waals surface area contributed by atoms with Crippen molar-refractivity contribution in [3.8, 4) is 22.5 Å². The second kappa shape index (κ2) is 9.71. The van der Waals surface area contributed by atoms with Crippen molar-refractivity contribution in [1.29, 1.82) is 0 Å². The Bertz CT molecular complexity index is 1160. The Morgan fingerprint density at radius 3 is 2.23 bits per heavy atom. The zero-order valence-corrected chi connectivity index (χ0v) is 20.5. The molecule has 4 rings (SSSR count). The van der Waals surface area contributed by atoms with Crippen LogP contribution in [0.1, 0.15) is 52.5 Å². The number of alkyl halides is 3. The first-order chi connectivity index (χ1) is 16.6. The summed E-state index contributed by atoms with van der Waals surface area (Å²) in [4.78, 5) is 3.38. The number of allylic oxidation sites excluding steroid dienone is 2. The maximum absolute atomic E-state index is 14.2. The summed E-state index contributed by atoms with van der Waals surface area (Å²) < 4.78 is 42.5. The highest BCUT2D eigenvalue weighted by atomic mass is 19.4. The van der Waals surface area contributed by atoms with Crippen molar-refractivity contribution in [2.45, 2.75) is 65.2 Å². The number of nitrogens with zero attached hydrogens (tertiary/aromatic N) is 5. The van der Waals surface area contributed by atoms with Crippen molar-refractivity contribution < 1.29 is 13.2 Å². The highest BCUT2D eigenvalue weighted by molar-refractivity contribution is 5.80. The number of hydrogen-bond donors (Lipinski definition) is 1. The number of H-pyrrole nitrogens is 1. The van der Waals surface area contributed by atoms with Crippen molar-refractivity contribution in [2.75, 3.05) is 6.67 Å². The Labute approximate surface area is 203 Å². The molecule has 1 aliphatic rings. The molecule has 3 aromatic rings. The maximum atomic E-state index is 14.2. The van der Waals surface area contributed by atoms with Crippen LogP contribution in [0.4, 0.5) is 13.2 Å². The fourth-order valence-corrected chi connectivity index (χ4v) is 4.49. The summed E-state index contributed by atoms with van der Waals surface area (Å²) in [5, 5.41) is 14.1. The van der Waals surface area contributed by atoms with E-state index in [1.54, 1.807) is 0 Å². The van der Waals surface area contributed by atoms with Crippen LogP contribution in [-0.2, 0) is 6.54 Å². The van der Waals surface area contributed by atoms with E-state index in [2.05, 4.69) is 20.6 Å². The van der Waals surface area contributed by atoms with Crippen LogP contribution in [0.5, 0.6) is 0 Å². The van der Waals surface area contributed by atoms with E-state index < -0.39 is 17.4 Å². The molecule has 0 amide bonds. The number of aromatic amines is 1. The highest BCUT2D eigenvalue weighted by Gasteiger charge is 2.48. The molecular weight excluding hydrogens is 453 g/mol. The molecule has 0 aliphatic carbocycles. The van der Waals surface area contributed by atoms with Crippen LogP contribution in [0.3, 0.4) is 0 Å². The van der Waals surface area contributed by atoms with Gasteiger partial charge in [0.15, 0.2) is 5.82 Å². The number of nitrogens with one attached hydrogen (secondary N) is 1. The zero-order chi connectivity index (χ0) is 25.2. The molecule has 1 aliphatic heterocycles. The third-order valence-electron chi connectivity index (χ3n) is 6.25. The van der Waals surface area contributed by atoms with Crippen LogP contribution < -0.4 is 0 Å². The van der Waals surface area contributed by atoms with Gasteiger partial charge >= 0.3 is 6.18 Å². The number of halogens is 3. The van der Waals surface area contributed by atoms with Gasteiger partial charge in [0.25, 0.3) is 0 Å². The highest BCUT2D eigenvalue weighted by Crippen LogP contribution is 2.42. The molecule has 0 radical (unpaired) electrons. The average Bonchev–Trinajstić information content (AvgIpc) is 3.46. The number of aromatic nitrogens is 4. The van der Waals surface area contributed by atoms with Gasteiger partial charge < -0.3 is 9.80 Å². The Morgan fingerprint density at radius 2 is 1.66 bits per heavy atom. The lowest BCUT2D eigenvalue weighted by molar-refractivity contribution is -0.117. The van der Waals surface area contributed by atoms with Gasteiger partial charge in [0, 0.05) is 23.3 Å². The molecule has 0 unspecified atom stereocenters. The average molecular weight is 485 g/mol. The monoisotopic (exact) mass is 484 g/mol. The molecule has 2 heterocycles. The third-order valence-corrected chi connectivity index (χ3v) is 6.25. The summed E-state index contributed by atoms with van der Waals surface area (Å²) in [6, 6.07) is 15.8. The molecule has 35 heavy (non-hydrogen) atoms. The van der Waals surface area contributed by atoms with E-state index in [-0.39, 0.29) is 6.67 Å². The van der Waals surface area contributed by atoms with Gasteiger partial charge in [-0.2, -0.15) is 13.2 Å². The van der Waals surface area contributed by atoms with Gasteiger partial charge in [0.05, 0.1) is 6.67 Å².